The first kappa shape index (κ1) is 14.7. The number of hydrogen-bond donors (Lipinski definition) is 2. The molecule has 0 amide bonds. The Hall–Kier alpha value is -2.27. The van der Waals surface area contributed by atoms with E-state index in [1.807, 2.05) is 12.3 Å². The lowest BCUT2D eigenvalue weighted by Gasteiger charge is -2.21. The van der Waals surface area contributed by atoms with Crippen molar-refractivity contribution in [3.8, 4) is 11.3 Å². The Morgan fingerprint density at radius 3 is 2.73 bits per heavy atom. The van der Waals surface area contributed by atoms with Gasteiger partial charge in [0.05, 0.1) is 23.1 Å². The third-order valence-corrected chi connectivity index (χ3v) is 4.07. The van der Waals surface area contributed by atoms with Crippen molar-refractivity contribution >= 4 is 5.97 Å². The Morgan fingerprint density at radius 2 is 2.05 bits per heavy atom. The van der Waals surface area contributed by atoms with Gasteiger partial charge >= 0.3 is 5.97 Å². The van der Waals surface area contributed by atoms with Crippen molar-refractivity contribution in [2.24, 2.45) is 5.92 Å². The maximum absolute atomic E-state index is 11.0. The van der Waals surface area contributed by atoms with E-state index in [2.05, 4.69) is 15.3 Å². The van der Waals surface area contributed by atoms with Crippen LogP contribution < -0.4 is 5.32 Å². The Morgan fingerprint density at radius 1 is 1.23 bits per heavy atom. The predicted molar refractivity (Wildman–Crippen MR) is 83.7 cm³/mol. The summed E-state index contributed by atoms with van der Waals surface area (Å²) in [6, 6.07) is 6.77. The van der Waals surface area contributed by atoms with E-state index in [0.29, 0.717) is 11.6 Å². The first-order valence-corrected chi connectivity index (χ1v) is 7.58. The second-order valence-corrected chi connectivity index (χ2v) is 5.68. The molecular weight excluding hydrogens is 278 g/mol. The normalized spacial score (nSPS) is 15.6. The molecule has 2 heterocycles. The molecule has 3 rings (SSSR count). The van der Waals surface area contributed by atoms with Crippen molar-refractivity contribution in [3.63, 3.8) is 0 Å². The van der Waals surface area contributed by atoms with Crippen LogP contribution in [0.25, 0.3) is 11.3 Å². The van der Waals surface area contributed by atoms with E-state index in [0.717, 1.165) is 30.8 Å². The highest BCUT2D eigenvalue weighted by Crippen LogP contribution is 2.20. The Labute approximate surface area is 129 Å². The number of aromatic carboxylic acids is 1. The summed E-state index contributed by atoms with van der Waals surface area (Å²) >= 11 is 0. The number of carboxylic acids is 1. The van der Waals surface area contributed by atoms with Gasteiger partial charge in [0, 0.05) is 11.8 Å². The molecular formula is C17H19N3O2. The number of hydrogen-bond acceptors (Lipinski definition) is 4. The fraction of sp³-hybridized carbons (Fsp3) is 0.353. The second-order valence-electron chi connectivity index (χ2n) is 5.68. The summed E-state index contributed by atoms with van der Waals surface area (Å²) in [4.78, 5) is 20.0. The van der Waals surface area contributed by atoms with E-state index in [4.69, 9.17) is 5.11 Å². The van der Waals surface area contributed by atoms with Crippen LogP contribution in [0, 0.1) is 5.92 Å². The molecule has 0 saturated carbocycles. The zero-order valence-electron chi connectivity index (χ0n) is 12.3. The van der Waals surface area contributed by atoms with E-state index >= 15 is 0 Å². The average Bonchev–Trinajstić information content (AvgIpc) is 2.56. The molecule has 1 aliphatic rings. The molecule has 5 heteroatoms. The van der Waals surface area contributed by atoms with Crippen LogP contribution in [0.2, 0.25) is 0 Å². The molecule has 0 bridgehead atoms. The minimum absolute atomic E-state index is 0.262. The first-order chi connectivity index (χ1) is 10.7. The van der Waals surface area contributed by atoms with Crippen molar-refractivity contribution < 1.29 is 9.90 Å². The Kier molecular flexibility index (Phi) is 4.44. The zero-order valence-corrected chi connectivity index (χ0v) is 12.3. The number of piperidine rings is 1. The second kappa shape index (κ2) is 6.66. The highest BCUT2D eigenvalue weighted by atomic mass is 16.4. The van der Waals surface area contributed by atoms with Crippen molar-refractivity contribution in [1.82, 2.24) is 15.3 Å². The summed E-state index contributed by atoms with van der Waals surface area (Å²) in [7, 11) is 0. The number of aromatic nitrogens is 2. The van der Waals surface area contributed by atoms with Crippen molar-refractivity contribution in [2.75, 3.05) is 13.1 Å². The highest BCUT2D eigenvalue weighted by Gasteiger charge is 2.14. The minimum Gasteiger partial charge on any atom is -0.478 e. The molecule has 0 aliphatic carbocycles. The SMILES string of the molecule is O=C(O)c1cccc(-c2cnc(CC3CCNCC3)cn2)c1. The van der Waals surface area contributed by atoms with Crippen LogP contribution in [0.3, 0.4) is 0 Å². The smallest absolute Gasteiger partial charge is 0.335 e. The molecule has 5 nitrogen and oxygen atoms in total. The number of carbonyl (C=O) groups is 1. The van der Waals surface area contributed by atoms with Crippen LogP contribution in [0.5, 0.6) is 0 Å². The summed E-state index contributed by atoms with van der Waals surface area (Å²) in [5, 5.41) is 12.4. The van der Waals surface area contributed by atoms with Gasteiger partial charge in [-0.25, -0.2) is 4.79 Å². The van der Waals surface area contributed by atoms with Crippen molar-refractivity contribution in [3.05, 3.63) is 47.9 Å². The third kappa shape index (κ3) is 3.49. The van der Waals surface area contributed by atoms with Crippen LogP contribution in [0.15, 0.2) is 36.7 Å². The van der Waals surface area contributed by atoms with Crippen molar-refractivity contribution in [2.45, 2.75) is 19.3 Å². The Balaban J connectivity index is 1.73. The third-order valence-electron chi connectivity index (χ3n) is 4.07. The summed E-state index contributed by atoms with van der Waals surface area (Å²) in [5.74, 6) is -0.255. The van der Waals surface area contributed by atoms with E-state index in [-0.39, 0.29) is 5.56 Å². The molecule has 1 fully saturated rings. The molecule has 0 unspecified atom stereocenters. The monoisotopic (exact) mass is 297 g/mol. The van der Waals surface area contributed by atoms with Gasteiger partial charge in [-0.3, -0.25) is 9.97 Å². The molecule has 1 aromatic heterocycles. The first-order valence-electron chi connectivity index (χ1n) is 7.58. The van der Waals surface area contributed by atoms with Crippen LogP contribution in [-0.2, 0) is 6.42 Å². The Bertz CT molecular complexity index is 649. The maximum Gasteiger partial charge on any atom is 0.335 e. The van der Waals surface area contributed by atoms with Gasteiger partial charge < -0.3 is 10.4 Å². The van der Waals surface area contributed by atoms with Gasteiger partial charge in [0.15, 0.2) is 0 Å². The molecule has 2 N–H and O–H groups in total. The highest BCUT2D eigenvalue weighted by molar-refractivity contribution is 5.89. The fourth-order valence-electron chi connectivity index (χ4n) is 2.80. The lowest BCUT2D eigenvalue weighted by molar-refractivity contribution is 0.0697. The summed E-state index contributed by atoms with van der Waals surface area (Å²) in [6.07, 6.45) is 6.88. The van der Waals surface area contributed by atoms with Crippen LogP contribution >= 0.6 is 0 Å². The summed E-state index contributed by atoms with van der Waals surface area (Å²) in [6.45, 7) is 2.16. The van der Waals surface area contributed by atoms with E-state index in [1.54, 1.807) is 24.4 Å². The molecule has 1 aromatic carbocycles. The minimum atomic E-state index is -0.933. The molecule has 114 valence electrons. The van der Waals surface area contributed by atoms with Crippen LogP contribution in [-0.4, -0.2) is 34.1 Å². The predicted octanol–water partition coefficient (Wildman–Crippen LogP) is 2.38. The molecule has 0 radical (unpaired) electrons. The van der Waals surface area contributed by atoms with Gasteiger partial charge in [0.2, 0.25) is 0 Å². The number of benzene rings is 1. The van der Waals surface area contributed by atoms with Gasteiger partial charge in [-0.05, 0) is 50.4 Å². The number of nitrogens with one attached hydrogen (secondary N) is 1. The maximum atomic E-state index is 11.0. The largest absolute Gasteiger partial charge is 0.478 e. The molecule has 1 saturated heterocycles. The molecule has 22 heavy (non-hydrogen) atoms. The molecule has 0 spiro atoms. The number of carboxylic acid groups (broad SMARTS) is 1. The van der Waals surface area contributed by atoms with E-state index < -0.39 is 5.97 Å². The zero-order chi connectivity index (χ0) is 15.4. The number of rotatable bonds is 4. The fourth-order valence-corrected chi connectivity index (χ4v) is 2.80. The van der Waals surface area contributed by atoms with Gasteiger partial charge in [0.1, 0.15) is 0 Å². The van der Waals surface area contributed by atoms with Gasteiger partial charge in [-0.15, -0.1) is 0 Å². The molecule has 2 aromatic rings. The average molecular weight is 297 g/mol. The lowest BCUT2D eigenvalue weighted by atomic mass is 9.93. The van der Waals surface area contributed by atoms with Crippen molar-refractivity contribution in [1.29, 1.82) is 0 Å². The van der Waals surface area contributed by atoms with E-state index in [1.165, 1.54) is 12.8 Å². The summed E-state index contributed by atoms with van der Waals surface area (Å²) < 4.78 is 0. The molecule has 1 aliphatic heterocycles. The van der Waals surface area contributed by atoms with Gasteiger partial charge in [0.25, 0.3) is 0 Å². The van der Waals surface area contributed by atoms with Crippen LogP contribution in [0.4, 0.5) is 0 Å². The topological polar surface area (TPSA) is 75.1 Å². The molecule has 0 atom stereocenters. The summed E-state index contributed by atoms with van der Waals surface area (Å²) in [5.41, 5.74) is 2.75. The van der Waals surface area contributed by atoms with E-state index in [9.17, 15) is 4.79 Å². The standard InChI is InChI=1S/C17H19N3O2/c21-17(22)14-3-1-2-13(9-14)16-11-19-15(10-20-16)8-12-4-6-18-7-5-12/h1-3,9-12,18H,4-8H2,(H,21,22). The quantitative estimate of drug-likeness (QED) is 0.906. The van der Waals surface area contributed by atoms with Gasteiger partial charge in [-0.1, -0.05) is 12.1 Å². The van der Waals surface area contributed by atoms with Gasteiger partial charge in [-0.2, -0.15) is 0 Å². The lowest BCUT2D eigenvalue weighted by Crippen LogP contribution is -2.28. The number of nitrogens with zero attached hydrogens (tertiary/aromatic N) is 2. The van der Waals surface area contributed by atoms with Crippen LogP contribution in [0.1, 0.15) is 28.9 Å².